The van der Waals surface area contributed by atoms with Crippen LogP contribution in [0.1, 0.15) is 79.1 Å². The Hall–Kier alpha value is -0.920. The van der Waals surface area contributed by atoms with Crippen LogP contribution in [0.25, 0.3) is 0 Å². The van der Waals surface area contributed by atoms with E-state index >= 15 is 4.39 Å². The minimum absolute atomic E-state index is 0.0344. The number of rotatable bonds is 5. The Morgan fingerprint density at radius 3 is 1.68 bits per heavy atom. The van der Waals surface area contributed by atoms with Gasteiger partial charge in [0.15, 0.2) is 0 Å². The van der Waals surface area contributed by atoms with Crippen LogP contribution in [0.2, 0.25) is 0 Å². The van der Waals surface area contributed by atoms with E-state index in [-0.39, 0.29) is 5.41 Å². The van der Waals surface area contributed by atoms with E-state index in [1.54, 1.807) is 26.0 Å². The zero-order valence-corrected chi connectivity index (χ0v) is 15.4. The second kappa shape index (κ2) is 6.29. The maximum Gasteiger partial charge on any atom is 0.133 e. The van der Waals surface area contributed by atoms with Crippen molar-refractivity contribution in [2.75, 3.05) is 0 Å². The molecule has 0 bridgehead atoms. The van der Waals surface area contributed by atoms with Crippen LogP contribution in [0.5, 0.6) is 0 Å². The monoisotopic (exact) mass is 310 g/mol. The standard InChI is InChI=1S/C20H32F2/c1-9-19(5,6)17(22)20(7,8)16(21)14-10-12-15(13-11-14)18(2,3)4/h10-13,16-17H,9H2,1-8H3. The zero-order chi connectivity index (χ0) is 17.3. The van der Waals surface area contributed by atoms with Gasteiger partial charge in [-0.25, -0.2) is 8.78 Å². The Morgan fingerprint density at radius 1 is 0.864 bits per heavy atom. The third kappa shape index (κ3) is 3.88. The summed E-state index contributed by atoms with van der Waals surface area (Å²) in [5, 5.41) is 0. The first-order valence-electron chi connectivity index (χ1n) is 8.22. The van der Waals surface area contributed by atoms with Crippen molar-refractivity contribution in [3.63, 3.8) is 0 Å². The average Bonchev–Trinajstić information content (AvgIpc) is 2.44. The van der Waals surface area contributed by atoms with Crippen LogP contribution in [-0.4, -0.2) is 6.17 Å². The molecule has 22 heavy (non-hydrogen) atoms. The lowest BCUT2D eigenvalue weighted by Crippen LogP contribution is -2.40. The molecule has 0 aromatic heterocycles. The SMILES string of the molecule is CCC(C)(C)C(F)C(C)(C)C(F)c1ccc(C(C)(C)C)cc1. The van der Waals surface area contributed by atoms with Gasteiger partial charge in [-0.15, -0.1) is 0 Å². The van der Waals surface area contributed by atoms with E-state index in [9.17, 15) is 4.39 Å². The predicted molar refractivity (Wildman–Crippen MR) is 91.7 cm³/mol. The lowest BCUT2D eigenvalue weighted by atomic mass is 9.68. The summed E-state index contributed by atoms with van der Waals surface area (Å²) in [5.41, 5.74) is 0.175. The van der Waals surface area contributed by atoms with Crippen molar-refractivity contribution in [3.05, 3.63) is 35.4 Å². The summed E-state index contributed by atoms with van der Waals surface area (Å²) in [6.45, 7) is 15.5. The molecule has 2 atom stereocenters. The molecule has 2 heteroatoms. The van der Waals surface area contributed by atoms with Gasteiger partial charge in [-0.3, -0.25) is 0 Å². The van der Waals surface area contributed by atoms with Gasteiger partial charge >= 0.3 is 0 Å². The van der Waals surface area contributed by atoms with Crippen molar-refractivity contribution in [2.24, 2.45) is 10.8 Å². The number of benzene rings is 1. The third-order valence-electron chi connectivity index (χ3n) is 4.97. The maximum atomic E-state index is 15.0. The second-order valence-corrected chi connectivity index (χ2v) is 8.76. The lowest BCUT2D eigenvalue weighted by Gasteiger charge is -2.41. The minimum Gasteiger partial charge on any atom is -0.246 e. The van der Waals surface area contributed by atoms with Crippen LogP contribution < -0.4 is 0 Å². The number of alkyl halides is 2. The molecule has 1 rings (SSSR count). The van der Waals surface area contributed by atoms with E-state index in [0.717, 1.165) is 5.56 Å². The molecule has 0 spiro atoms. The first-order chi connectivity index (χ1) is 9.84. The summed E-state index contributed by atoms with van der Waals surface area (Å²) in [7, 11) is 0. The lowest BCUT2D eigenvalue weighted by molar-refractivity contribution is -0.0255. The normalized spacial score (nSPS) is 16.5. The van der Waals surface area contributed by atoms with Crippen LogP contribution in [-0.2, 0) is 5.41 Å². The molecule has 1 aromatic carbocycles. The Kier molecular flexibility index (Phi) is 5.47. The van der Waals surface area contributed by atoms with E-state index in [1.165, 1.54) is 0 Å². The summed E-state index contributed by atoms with van der Waals surface area (Å²) in [6.07, 6.45) is -1.84. The highest BCUT2D eigenvalue weighted by Gasteiger charge is 2.46. The number of hydrogen-bond donors (Lipinski definition) is 0. The average molecular weight is 310 g/mol. The molecule has 0 radical (unpaired) electrons. The van der Waals surface area contributed by atoms with E-state index in [1.807, 2.05) is 32.9 Å². The van der Waals surface area contributed by atoms with Crippen molar-refractivity contribution in [2.45, 2.75) is 79.6 Å². The third-order valence-corrected chi connectivity index (χ3v) is 4.97. The molecule has 0 saturated carbocycles. The van der Waals surface area contributed by atoms with Gasteiger partial charge in [0.2, 0.25) is 0 Å². The van der Waals surface area contributed by atoms with Gasteiger partial charge < -0.3 is 0 Å². The summed E-state index contributed by atoms with van der Waals surface area (Å²) in [5.74, 6) is 0. The fourth-order valence-corrected chi connectivity index (χ4v) is 2.90. The summed E-state index contributed by atoms with van der Waals surface area (Å²) in [6, 6.07) is 7.52. The molecule has 0 saturated heterocycles. The zero-order valence-electron chi connectivity index (χ0n) is 15.4. The number of halogens is 2. The van der Waals surface area contributed by atoms with Gasteiger partial charge in [0.25, 0.3) is 0 Å². The van der Waals surface area contributed by atoms with Crippen molar-refractivity contribution in [1.82, 2.24) is 0 Å². The highest BCUT2D eigenvalue weighted by atomic mass is 19.1. The summed E-state index contributed by atoms with van der Waals surface area (Å²) < 4.78 is 29.9. The van der Waals surface area contributed by atoms with Gasteiger partial charge in [-0.2, -0.15) is 0 Å². The Bertz CT molecular complexity index is 477. The molecule has 0 aliphatic carbocycles. The van der Waals surface area contributed by atoms with Crippen LogP contribution in [0, 0.1) is 10.8 Å². The molecular weight excluding hydrogens is 278 g/mol. The molecule has 0 aliphatic rings. The van der Waals surface area contributed by atoms with Crippen LogP contribution in [0.15, 0.2) is 24.3 Å². The molecular formula is C20H32F2. The summed E-state index contributed by atoms with van der Waals surface area (Å²) >= 11 is 0. The van der Waals surface area contributed by atoms with Gasteiger partial charge in [0.1, 0.15) is 12.3 Å². The molecule has 0 nitrogen and oxygen atoms in total. The summed E-state index contributed by atoms with van der Waals surface area (Å²) in [4.78, 5) is 0. The van der Waals surface area contributed by atoms with Crippen LogP contribution in [0.4, 0.5) is 8.78 Å². The van der Waals surface area contributed by atoms with Crippen LogP contribution in [0.3, 0.4) is 0 Å². The molecule has 126 valence electrons. The van der Waals surface area contributed by atoms with Gasteiger partial charge in [-0.05, 0) is 28.4 Å². The molecule has 0 N–H and O–H groups in total. The van der Waals surface area contributed by atoms with Crippen molar-refractivity contribution >= 4 is 0 Å². The van der Waals surface area contributed by atoms with Crippen LogP contribution >= 0.6 is 0 Å². The van der Waals surface area contributed by atoms with Crippen molar-refractivity contribution in [1.29, 1.82) is 0 Å². The van der Waals surface area contributed by atoms with Crippen molar-refractivity contribution < 1.29 is 8.78 Å². The van der Waals surface area contributed by atoms with E-state index < -0.39 is 23.2 Å². The topological polar surface area (TPSA) is 0 Å². The second-order valence-electron chi connectivity index (χ2n) is 8.76. The fraction of sp³-hybridized carbons (Fsp3) is 0.700. The quantitative estimate of drug-likeness (QED) is 0.561. The Balaban J connectivity index is 3.06. The van der Waals surface area contributed by atoms with E-state index in [0.29, 0.717) is 12.0 Å². The first-order valence-corrected chi connectivity index (χ1v) is 8.22. The maximum absolute atomic E-state index is 15.0. The number of hydrogen-bond acceptors (Lipinski definition) is 0. The molecule has 2 unspecified atom stereocenters. The molecule has 0 fully saturated rings. The predicted octanol–water partition coefficient (Wildman–Crippen LogP) is 6.80. The smallest absolute Gasteiger partial charge is 0.133 e. The molecule has 0 aliphatic heterocycles. The first kappa shape index (κ1) is 19.1. The largest absolute Gasteiger partial charge is 0.246 e. The van der Waals surface area contributed by atoms with Gasteiger partial charge in [0, 0.05) is 5.41 Å². The van der Waals surface area contributed by atoms with Gasteiger partial charge in [0.05, 0.1) is 0 Å². The fourth-order valence-electron chi connectivity index (χ4n) is 2.90. The Labute approximate surface area is 135 Å². The molecule has 0 heterocycles. The Morgan fingerprint density at radius 2 is 1.32 bits per heavy atom. The molecule has 0 amide bonds. The van der Waals surface area contributed by atoms with E-state index in [2.05, 4.69) is 20.8 Å². The highest BCUT2D eigenvalue weighted by Crippen LogP contribution is 2.48. The highest BCUT2D eigenvalue weighted by molar-refractivity contribution is 5.29. The van der Waals surface area contributed by atoms with Gasteiger partial charge in [-0.1, -0.05) is 79.7 Å². The minimum atomic E-state index is -1.32. The molecule has 1 aromatic rings. The van der Waals surface area contributed by atoms with E-state index in [4.69, 9.17) is 0 Å². The van der Waals surface area contributed by atoms with Crippen molar-refractivity contribution in [3.8, 4) is 0 Å².